The Morgan fingerprint density at radius 2 is 0.867 bits per heavy atom. The van der Waals surface area contributed by atoms with Crippen LogP contribution in [0.5, 0.6) is 23.0 Å². The van der Waals surface area contributed by atoms with E-state index < -0.39 is 10.8 Å². The SMILES string of the molecule is CC1C=C(N(c2ccc3c(c2)C2(c4cc(C(C)(C)C)ccc4Oc4ccc(C(C)(C)C)cc42)c2ccccc2-3)c2cccc3c2-c2ccccc2C32c3cc(C(C)(C)C)ccc3Oc3ccc(C(C)(C)C)cc32)c2sc3ccccc3c2C1. The number of fused-ring (bicyclic) bond motifs is 21. The molecule has 0 radical (unpaired) electrons. The van der Waals surface area contributed by atoms with Crippen LogP contribution in [0, 0.1) is 5.92 Å². The van der Waals surface area contributed by atoms with E-state index in [1.54, 1.807) is 0 Å². The van der Waals surface area contributed by atoms with Crippen LogP contribution in [0.2, 0.25) is 0 Å². The van der Waals surface area contributed by atoms with Gasteiger partial charge >= 0.3 is 0 Å². The van der Waals surface area contributed by atoms with Crippen molar-refractivity contribution in [3.8, 4) is 45.3 Å². The molecule has 2 aliphatic heterocycles. The third-order valence-electron chi connectivity index (χ3n) is 19.2. The Morgan fingerprint density at radius 3 is 1.40 bits per heavy atom. The van der Waals surface area contributed by atoms with Crippen molar-refractivity contribution >= 4 is 38.5 Å². The summed E-state index contributed by atoms with van der Waals surface area (Å²) in [5.74, 6) is 3.90. The molecule has 0 fully saturated rings. The lowest BCUT2D eigenvalue weighted by atomic mass is 9.64. The van der Waals surface area contributed by atoms with Crippen LogP contribution in [-0.2, 0) is 38.9 Å². The summed E-state index contributed by atoms with van der Waals surface area (Å²) in [6, 6.07) is 70.3. The third kappa shape index (κ3) is 7.40. The summed E-state index contributed by atoms with van der Waals surface area (Å²) in [6.07, 6.45) is 3.57. The molecule has 1 aromatic heterocycles. The van der Waals surface area contributed by atoms with Crippen molar-refractivity contribution in [3.63, 3.8) is 0 Å². The summed E-state index contributed by atoms with van der Waals surface area (Å²) in [7, 11) is 0. The first-order valence-electron chi connectivity index (χ1n) is 30.0. The topological polar surface area (TPSA) is 21.7 Å². The van der Waals surface area contributed by atoms with Crippen LogP contribution in [0.3, 0.4) is 0 Å². The minimum Gasteiger partial charge on any atom is -0.457 e. The fraction of sp³-hybridized carbons (Fsp3) is 0.266. The largest absolute Gasteiger partial charge is 0.457 e. The van der Waals surface area contributed by atoms with Crippen LogP contribution >= 0.6 is 11.3 Å². The van der Waals surface area contributed by atoms with Gasteiger partial charge in [0.15, 0.2) is 0 Å². The van der Waals surface area contributed by atoms with Crippen molar-refractivity contribution in [1.82, 2.24) is 0 Å². The molecule has 3 heterocycles. The van der Waals surface area contributed by atoms with E-state index in [9.17, 15) is 0 Å². The Morgan fingerprint density at radius 1 is 0.422 bits per heavy atom. The number of thiophene rings is 1. The first kappa shape index (κ1) is 51.9. The Labute approximate surface area is 495 Å². The van der Waals surface area contributed by atoms with Crippen LogP contribution in [0.1, 0.15) is 167 Å². The summed E-state index contributed by atoms with van der Waals surface area (Å²) >= 11 is 1.94. The number of hydrogen-bond donors (Lipinski definition) is 0. The summed E-state index contributed by atoms with van der Waals surface area (Å²) in [5.41, 5.74) is 23.1. The van der Waals surface area contributed by atoms with Crippen LogP contribution in [0.25, 0.3) is 38.0 Å². The number of hydrogen-bond acceptors (Lipinski definition) is 4. The fourth-order valence-electron chi connectivity index (χ4n) is 14.9. The first-order chi connectivity index (χ1) is 39.6. The number of anilines is 2. The van der Waals surface area contributed by atoms with Gasteiger partial charge in [-0.05, 0) is 179 Å². The number of nitrogens with zero attached hydrogens (tertiary/aromatic N) is 1. The molecule has 0 N–H and O–H groups in total. The van der Waals surface area contributed by atoms with Gasteiger partial charge in [-0.2, -0.15) is 0 Å². The standard InChI is InChI=1S/C79H73NO2S/c1-46-39-56-54-22-16-19-28-71(54)83-73(56)66(40-46)80(51-33-34-53-52-21-14-17-24-57(52)79(60(53)45-51)63-43-49(76(8,9)10)31-37-69(63)82-70-38-32-50(44-64(70)79)77(11,12)13)65-27-20-26-59-72(65)55-23-15-18-25-58(55)78(59)61-41-47(74(2,3)4)29-35-67(61)81-68-36-30-48(42-62(68)78)75(5,6)7/h14-38,40-46H,39H2,1-13H3. The van der Waals surface area contributed by atoms with Crippen molar-refractivity contribution in [2.75, 3.05) is 4.90 Å². The molecule has 3 nitrogen and oxygen atoms in total. The molecule has 9 aromatic carbocycles. The highest BCUT2D eigenvalue weighted by molar-refractivity contribution is 7.20. The molecule has 412 valence electrons. The molecule has 15 rings (SSSR count). The molecule has 2 spiro atoms. The van der Waals surface area contributed by atoms with Crippen molar-refractivity contribution in [3.05, 3.63) is 265 Å². The smallest absolute Gasteiger partial charge is 0.132 e. The Kier molecular flexibility index (Phi) is 11.0. The molecule has 0 amide bonds. The molecule has 0 saturated heterocycles. The lowest BCUT2D eigenvalue weighted by molar-refractivity contribution is 0.433. The number of ether oxygens (including phenoxy) is 2. The van der Waals surface area contributed by atoms with Gasteiger partial charge in [0.2, 0.25) is 0 Å². The zero-order valence-corrected chi connectivity index (χ0v) is 51.2. The van der Waals surface area contributed by atoms with Gasteiger partial charge < -0.3 is 14.4 Å². The first-order valence-corrected chi connectivity index (χ1v) is 30.8. The van der Waals surface area contributed by atoms with E-state index in [0.29, 0.717) is 0 Å². The zero-order chi connectivity index (χ0) is 57.5. The number of rotatable bonds is 3. The molecular formula is C79H73NO2S. The molecule has 1 atom stereocenters. The average Bonchev–Trinajstić information content (AvgIpc) is 1.64. The van der Waals surface area contributed by atoms with Crippen LogP contribution in [0.4, 0.5) is 11.4 Å². The highest BCUT2D eigenvalue weighted by Gasteiger charge is 2.55. The second kappa shape index (κ2) is 17.6. The van der Waals surface area contributed by atoms with E-state index in [4.69, 9.17) is 9.47 Å². The van der Waals surface area contributed by atoms with E-state index in [-0.39, 0.29) is 27.6 Å². The second-order valence-corrected chi connectivity index (χ2v) is 29.6. The van der Waals surface area contributed by atoms with Gasteiger partial charge in [-0.25, -0.2) is 0 Å². The third-order valence-corrected chi connectivity index (χ3v) is 20.4. The molecule has 4 heteroatoms. The van der Waals surface area contributed by atoms with E-state index in [0.717, 1.165) is 40.8 Å². The van der Waals surface area contributed by atoms with Gasteiger partial charge in [0.25, 0.3) is 0 Å². The molecule has 0 bridgehead atoms. The summed E-state index contributed by atoms with van der Waals surface area (Å²) in [6.45, 7) is 30.3. The fourth-order valence-corrected chi connectivity index (χ4v) is 16.2. The highest BCUT2D eigenvalue weighted by atomic mass is 32.1. The highest BCUT2D eigenvalue weighted by Crippen LogP contribution is 2.67. The molecule has 10 aromatic rings. The van der Waals surface area contributed by atoms with Crippen LogP contribution < -0.4 is 14.4 Å². The van der Waals surface area contributed by atoms with Gasteiger partial charge in [0.05, 0.1) is 27.1 Å². The molecule has 83 heavy (non-hydrogen) atoms. The second-order valence-electron chi connectivity index (χ2n) is 28.5. The Bertz CT molecular complexity index is 4310. The lowest BCUT2D eigenvalue weighted by Gasteiger charge is -2.42. The van der Waals surface area contributed by atoms with E-state index in [1.807, 2.05) is 11.3 Å². The van der Waals surface area contributed by atoms with Gasteiger partial charge in [-0.1, -0.05) is 205 Å². The summed E-state index contributed by atoms with van der Waals surface area (Å²) in [5, 5.41) is 1.36. The van der Waals surface area contributed by atoms with Gasteiger partial charge in [0.1, 0.15) is 23.0 Å². The van der Waals surface area contributed by atoms with Crippen LogP contribution in [0.15, 0.2) is 188 Å². The monoisotopic (exact) mass is 1100 g/mol. The van der Waals surface area contributed by atoms with E-state index in [1.165, 1.54) is 115 Å². The molecule has 3 aliphatic carbocycles. The van der Waals surface area contributed by atoms with Gasteiger partial charge in [0, 0.05) is 38.2 Å². The summed E-state index contributed by atoms with van der Waals surface area (Å²) in [4.78, 5) is 4.02. The molecular weight excluding hydrogens is 1030 g/mol. The predicted molar refractivity (Wildman–Crippen MR) is 347 cm³/mol. The van der Waals surface area contributed by atoms with Gasteiger partial charge in [-0.15, -0.1) is 11.3 Å². The van der Waals surface area contributed by atoms with Gasteiger partial charge in [-0.3, -0.25) is 0 Å². The quantitative estimate of drug-likeness (QED) is 0.176. The number of benzene rings is 9. The van der Waals surface area contributed by atoms with Crippen molar-refractivity contribution in [2.24, 2.45) is 5.92 Å². The maximum absolute atomic E-state index is 7.16. The zero-order valence-electron chi connectivity index (χ0n) is 50.4. The lowest BCUT2D eigenvalue weighted by Crippen LogP contribution is -2.34. The Hall–Kier alpha value is -7.92. The maximum atomic E-state index is 7.16. The number of allylic oxidation sites excluding steroid dienone is 1. The molecule has 5 aliphatic rings. The molecule has 1 unspecified atom stereocenters. The van der Waals surface area contributed by atoms with Crippen molar-refractivity contribution in [1.29, 1.82) is 0 Å². The van der Waals surface area contributed by atoms with Crippen molar-refractivity contribution in [2.45, 2.75) is 129 Å². The minimum atomic E-state index is -0.712. The maximum Gasteiger partial charge on any atom is 0.132 e. The average molecular weight is 1100 g/mol. The van der Waals surface area contributed by atoms with Crippen molar-refractivity contribution < 1.29 is 9.47 Å². The van der Waals surface area contributed by atoms with E-state index >= 15 is 0 Å². The summed E-state index contributed by atoms with van der Waals surface area (Å²) < 4.78 is 15.6. The predicted octanol–water partition coefficient (Wildman–Crippen LogP) is 21.4. The van der Waals surface area contributed by atoms with Crippen LogP contribution in [-0.4, -0.2) is 0 Å². The minimum absolute atomic E-state index is 0.103. The normalized spacial score (nSPS) is 16.5. The Balaban J connectivity index is 1.07. The molecule has 0 saturated carbocycles. The van der Waals surface area contributed by atoms with E-state index in [2.05, 4.69) is 283 Å².